The molecule has 4 aliphatic rings. The molecule has 0 spiro atoms. The Bertz CT molecular complexity index is 1260. The number of quaternary nitrogens is 1. The highest BCUT2D eigenvalue weighted by atomic mass is 79.9. The number of fused-ring (bicyclic) bond motifs is 4. The predicted molar refractivity (Wildman–Crippen MR) is 141 cm³/mol. The molecule has 7 nitrogen and oxygen atoms in total. The van der Waals surface area contributed by atoms with E-state index in [1.165, 1.54) is 12.8 Å². The number of nitrogens with one attached hydrogen (secondary N) is 1. The lowest BCUT2D eigenvalue weighted by Crippen LogP contribution is -3.00. The van der Waals surface area contributed by atoms with E-state index in [9.17, 15) is 9.59 Å². The fourth-order valence-electron chi connectivity index (χ4n) is 6.98. The third-order valence-corrected chi connectivity index (χ3v) is 9.09. The van der Waals surface area contributed by atoms with Gasteiger partial charge >= 0.3 is 5.97 Å². The van der Waals surface area contributed by atoms with Gasteiger partial charge in [-0.15, -0.1) is 0 Å². The summed E-state index contributed by atoms with van der Waals surface area (Å²) in [4.78, 5) is 27.1. The Kier molecular flexibility index (Phi) is 7.91. The van der Waals surface area contributed by atoms with Gasteiger partial charge in [-0.1, -0.05) is 73.3 Å². The summed E-state index contributed by atoms with van der Waals surface area (Å²) in [7, 11) is 0. The lowest BCUT2D eigenvalue weighted by atomic mass is 9.74. The van der Waals surface area contributed by atoms with Gasteiger partial charge in [0.25, 0.3) is 5.91 Å². The van der Waals surface area contributed by atoms with Crippen LogP contribution in [0, 0.1) is 5.92 Å². The third-order valence-electron chi connectivity index (χ3n) is 9.09. The topological polar surface area (TPSA) is 81.4 Å². The first kappa shape index (κ1) is 26.9. The molecule has 1 aromatic heterocycles. The number of hydrogen-bond donors (Lipinski definition) is 1. The van der Waals surface area contributed by atoms with Crippen molar-refractivity contribution >= 4 is 28.7 Å². The van der Waals surface area contributed by atoms with Crippen LogP contribution in [0.3, 0.4) is 0 Å². The smallest absolute Gasteiger partial charge is 0.317 e. The van der Waals surface area contributed by atoms with Crippen LogP contribution in [0.2, 0.25) is 0 Å². The van der Waals surface area contributed by atoms with Gasteiger partial charge in [-0.2, -0.15) is 0 Å². The summed E-state index contributed by atoms with van der Waals surface area (Å²) >= 11 is 0. The highest BCUT2D eigenvalue weighted by Gasteiger charge is 2.51. The molecule has 202 valence electrons. The average Bonchev–Trinajstić information content (AvgIpc) is 3.15. The van der Waals surface area contributed by atoms with Crippen molar-refractivity contribution in [3.8, 4) is 0 Å². The van der Waals surface area contributed by atoms with Gasteiger partial charge < -0.3 is 36.0 Å². The zero-order valence-corrected chi connectivity index (χ0v) is 23.3. The monoisotopic (exact) mass is 581 g/mol. The van der Waals surface area contributed by atoms with Gasteiger partial charge in [0.05, 0.1) is 23.9 Å². The molecule has 1 atom stereocenters. The van der Waals surface area contributed by atoms with Gasteiger partial charge in [0.15, 0.2) is 24.0 Å². The van der Waals surface area contributed by atoms with Crippen LogP contribution in [0.25, 0.3) is 11.0 Å². The van der Waals surface area contributed by atoms with Crippen LogP contribution in [0.4, 0.5) is 5.82 Å². The maximum absolute atomic E-state index is 14.0. The number of hydrogen-bond acceptors (Lipinski definition) is 5. The van der Waals surface area contributed by atoms with Crippen molar-refractivity contribution in [1.29, 1.82) is 0 Å². The van der Waals surface area contributed by atoms with E-state index in [1.54, 1.807) is 0 Å². The van der Waals surface area contributed by atoms with Crippen molar-refractivity contribution in [2.24, 2.45) is 5.92 Å². The fourth-order valence-corrected chi connectivity index (χ4v) is 6.98. The average molecular weight is 583 g/mol. The molecule has 2 aromatic carbocycles. The Labute approximate surface area is 234 Å². The van der Waals surface area contributed by atoms with Gasteiger partial charge in [0, 0.05) is 18.8 Å². The number of esters is 1. The number of amides is 1. The van der Waals surface area contributed by atoms with Gasteiger partial charge in [0.1, 0.15) is 6.54 Å². The van der Waals surface area contributed by atoms with Gasteiger partial charge in [-0.25, -0.2) is 0 Å². The molecule has 0 unspecified atom stereocenters. The van der Waals surface area contributed by atoms with Crippen molar-refractivity contribution < 1.29 is 40.3 Å². The van der Waals surface area contributed by atoms with E-state index in [0.29, 0.717) is 34.9 Å². The van der Waals surface area contributed by atoms with Gasteiger partial charge in [-0.3, -0.25) is 9.59 Å². The highest BCUT2D eigenvalue weighted by Crippen LogP contribution is 2.42. The van der Waals surface area contributed by atoms with Gasteiger partial charge in [0.2, 0.25) is 0 Å². The third kappa shape index (κ3) is 5.13. The molecular formula is C30H36BrN3O4. The van der Waals surface area contributed by atoms with Gasteiger partial charge in [-0.05, 0) is 30.5 Å². The zero-order valence-electron chi connectivity index (χ0n) is 21.7. The molecule has 4 heterocycles. The number of ether oxygens (including phenoxy) is 1. The molecule has 4 fully saturated rings. The quantitative estimate of drug-likeness (QED) is 0.274. The molecular weight excluding hydrogens is 546 g/mol. The van der Waals surface area contributed by atoms with Crippen LogP contribution in [0.15, 0.2) is 59.1 Å². The summed E-state index contributed by atoms with van der Waals surface area (Å²) < 4.78 is 12.4. The minimum Gasteiger partial charge on any atom is -1.00 e. The molecule has 1 amide bonds. The van der Waals surface area contributed by atoms with Crippen LogP contribution < -0.4 is 22.3 Å². The largest absolute Gasteiger partial charge is 1.00 e. The number of benzene rings is 2. The molecule has 3 saturated heterocycles. The van der Waals surface area contributed by atoms with E-state index < -0.39 is 5.41 Å². The zero-order chi connectivity index (χ0) is 25.3. The molecule has 7 rings (SSSR count). The minimum atomic E-state index is -0.556. The molecule has 8 heteroatoms. The Hall–Kier alpha value is -2.71. The predicted octanol–water partition coefficient (Wildman–Crippen LogP) is 2.21. The number of piperidine rings is 3. The Morgan fingerprint density at radius 2 is 1.66 bits per heavy atom. The first-order valence-corrected chi connectivity index (χ1v) is 13.8. The maximum atomic E-state index is 14.0. The fraction of sp³-hybridized carbons (Fsp3) is 0.500. The molecule has 1 aliphatic carbocycles. The Morgan fingerprint density at radius 3 is 2.39 bits per heavy atom. The Balaban J connectivity index is 0.00000294. The molecule has 1 N–H and O–H groups in total. The molecule has 0 radical (unpaired) electrons. The second-order valence-corrected chi connectivity index (χ2v) is 11.3. The second kappa shape index (κ2) is 11.2. The summed E-state index contributed by atoms with van der Waals surface area (Å²) in [5.74, 6) is 0.710. The molecule has 2 bridgehead atoms. The summed E-state index contributed by atoms with van der Waals surface area (Å²) in [6.45, 7) is 2.94. The first-order valence-electron chi connectivity index (χ1n) is 13.8. The number of halogens is 1. The standard InChI is InChI=1S/C30H35N3O4.BrH/c34-27(31-28-24-12-6-7-13-25(24)37-32-28)21-33-18-14-22(15-19-33)26(20-33)36-29(35)30(16-8-1-2-9-17-30)23-10-4-3-5-11-23;/h3-7,10-13,22,26H,1-2,8-9,14-21H2;1H/t22?,26-,33?;/m0./s1. The maximum Gasteiger partial charge on any atom is 0.317 e. The molecule has 1 saturated carbocycles. The van der Waals surface area contributed by atoms with Crippen LogP contribution in [0.5, 0.6) is 0 Å². The number of carbonyl (C=O) groups excluding carboxylic acids is 2. The lowest BCUT2D eigenvalue weighted by Gasteiger charge is -2.52. The van der Waals surface area contributed by atoms with Crippen LogP contribution in [-0.4, -0.2) is 53.8 Å². The number of carbonyl (C=O) groups is 2. The molecule has 38 heavy (non-hydrogen) atoms. The lowest BCUT2D eigenvalue weighted by molar-refractivity contribution is -0.939. The van der Waals surface area contributed by atoms with Crippen molar-refractivity contribution in [1.82, 2.24) is 5.16 Å². The van der Waals surface area contributed by atoms with E-state index in [2.05, 4.69) is 22.6 Å². The number of anilines is 1. The van der Waals surface area contributed by atoms with Crippen LogP contribution >= 0.6 is 0 Å². The van der Waals surface area contributed by atoms with Crippen molar-refractivity contribution in [3.63, 3.8) is 0 Å². The summed E-state index contributed by atoms with van der Waals surface area (Å²) in [6, 6.07) is 17.8. The number of nitrogens with zero attached hydrogens (tertiary/aromatic N) is 2. The second-order valence-electron chi connectivity index (χ2n) is 11.3. The SMILES string of the molecule is O=C(C[N+]12CCC(CC1)[C@@H](OC(=O)C1(c3ccccc3)CCCCCC1)C2)Nc1noc2ccccc12.[Br-]. The molecule has 3 aliphatic heterocycles. The number of aromatic nitrogens is 1. The van der Waals surface area contributed by atoms with Crippen molar-refractivity contribution in [3.05, 3.63) is 60.2 Å². The number of para-hydroxylation sites is 1. The van der Waals surface area contributed by atoms with E-state index >= 15 is 0 Å². The van der Waals surface area contributed by atoms with E-state index in [4.69, 9.17) is 9.26 Å². The van der Waals surface area contributed by atoms with Crippen molar-refractivity contribution in [2.75, 3.05) is 31.5 Å². The Morgan fingerprint density at radius 1 is 0.974 bits per heavy atom. The summed E-state index contributed by atoms with van der Waals surface area (Å²) in [6.07, 6.45) is 7.96. The van der Waals surface area contributed by atoms with Crippen LogP contribution in [0.1, 0.15) is 56.9 Å². The van der Waals surface area contributed by atoms with Crippen molar-refractivity contribution in [2.45, 2.75) is 62.9 Å². The number of rotatable bonds is 6. The summed E-state index contributed by atoms with van der Waals surface area (Å²) in [5, 5.41) is 7.82. The first-order chi connectivity index (χ1) is 18.1. The van der Waals surface area contributed by atoms with E-state index in [0.717, 1.165) is 62.6 Å². The van der Waals surface area contributed by atoms with Crippen LogP contribution in [-0.2, 0) is 19.7 Å². The van der Waals surface area contributed by atoms with E-state index in [1.807, 2.05) is 42.5 Å². The summed E-state index contributed by atoms with van der Waals surface area (Å²) in [5.41, 5.74) is 1.19. The highest BCUT2D eigenvalue weighted by molar-refractivity contribution is 5.99. The minimum absolute atomic E-state index is 0. The molecule has 3 aromatic rings. The van der Waals surface area contributed by atoms with E-state index in [-0.39, 0.29) is 35.0 Å². The normalized spacial score (nSPS) is 26.2.